The van der Waals surface area contributed by atoms with Gasteiger partial charge in [-0.05, 0) is 43.9 Å². The molecule has 0 saturated heterocycles. The Hall–Kier alpha value is -0.300. The van der Waals surface area contributed by atoms with E-state index < -0.39 is 0 Å². The molecule has 0 radical (unpaired) electrons. The van der Waals surface area contributed by atoms with Gasteiger partial charge < -0.3 is 5.73 Å². The Morgan fingerprint density at radius 3 is 3.08 bits per heavy atom. The molecule has 1 heteroatoms. The highest BCUT2D eigenvalue weighted by atomic mass is 14.8. The van der Waals surface area contributed by atoms with Crippen LogP contribution in [0.1, 0.15) is 38.5 Å². The molecule has 2 saturated carbocycles. The fourth-order valence-corrected chi connectivity index (χ4v) is 3.68. The molecule has 1 nitrogen and oxygen atoms in total. The third-order valence-electron chi connectivity index (χ3n) is 4.13. The average molecular weight is 163 g/mol. The molecular formula is C11H17N. The second kappa shape index (κ2) is 2.14. The molecule has 66 valence electrons. The van der Waals surface area contributed by atoms with Crippen molar-refractivity contribution in [3.05, 3.63) is 11.6 Å². The molecule has 0 aliphatic heterocycles. The molecule has 4 rings (SSSR count). The number of rotatable bonds is 0. The predicted octanol–water partition coefficient (Wildman–Crippen LogP) is 2.22. The summed E-state index contributed by atoms with van der Waals surface area (Å²) in [5, 5.41) is 0. The second-order valence-electron chi connectivity index (χ2n) is 4.95. The maximum atomic E-state index is 6.42. The van der Waals surface area contributed by atoms with E-state index in [1.165, 1.54) is 38.5 Å². The summed E-state index contributed by atoms with van der Waals surface area (Å²) in [4.78, 5) is 0. The van der Waals surface area contributed by atoms with E-state index in [1.54, 1.807) is 5.57 Å². The molecule has 0 aromatic carbocycles. The zero-order valence-electron chi connectivity index (χ0n) is 7.55. The van der Waals surface area contributed by atoms with Crippen LogP contribution in [-0.2, 0) is 0 Å². The van der Waals surface area contributed by atoms with E-state index >= 15 is 0 Å². The van der Waals surface area contributed by atoms with Crippen molar-refractivity contribution >= 4 is 0 Å². The Bertz CT molecular complexity index is 243. The highest BCUT2D eigenvalue weighted by Gasteiger charge is 2.46. The van der Waals surface area contributed by atoms with E-state index in [0.29, 0.717) is 0 Å². The standard InChI is InChI=1S/C11H17N/c12-11-5-1-2-9-6-8(7-11)3-4-10(9)11/h4,8-9H,1-3,5-7,12H2/t8-,9-,11-/m1/s1. The molecule has 4 bridgehead atoms. The van der Waals surface area contributed by atoms with Crippen LogP contribution in [0.15, 0.2) is 11.6 Å². The van der Waals surface area contributed by atoms with Crippen molar-refractivity contribution in [2.24, 2.45) is 17.6 Å². The first kappa shape index (κ1) is 7.14. The monoisotopic (exact) mass is 163 g/mol. The van der Waals surface area contributed by atoms with Gasteiger partial charge in [0.15, 0.2) is 0 Å². The van der Waals surface area contributed by atoms with E-state index in [-0.39, 0.29) is 5.54 Å². The third-order valence-corrected chi connectivity index (χ3v) is 4.13. The van der Waals surface area contributed by atoms with Crippen LogP contribution in [0.4, 0.5) is 0 Å². The van der Waals surface area contributed by atoms with Crippen LogP contribution in [0.5, 0.6) is 0 Å². The predicted molar refractivity (Wildman–Crippen MR) is 49.7 cm³/mol. The molecule has 3 atom stereocenters. The first-order valence-electron chi connectivity index (χ1n) is 5.27. The number of nitrogens with two attached hydrogens (primary N) is 1. The van der Waals surface area contributed by atoms with E-state index in [9.17, 15) is 0 Å². The molecule has 0 aromatic rings. The quantitative estimate of drug-likeness (QED) is 0.544. The lowest BCUT2D eigenvalue weighted by molar-refractivity contribution is 0.161. The lowest BCUT2D eigenvalue weighted by atomic mass is 9.57. The zero-order chi connectivity index (χ0) is 8.18. The first-order valence-corrected chi connectivity index (χ1v) is 5.27. The zero-order valence-corrected chi connectivity index (χ0v) is 7.55. The van der Waals surface area contributed by atoms with E-state index in [2.05, 4.69) is 6.08 Å². The third kappa shape index (κ3) is 0.779. The molecular weight excluding hydrogens is 146 g/mol. The average Bonchev–Trinajstić information content (AvgIpc) is 2.03. The second-order valence-corrected chi connectivity index (χ2v) is 4.95. The number of allylic oxidation sites excluding steroid dienone is 1. The number of hydrogen-bond acceptors (Lipinski definition) is 1. The first-order chi connectivity index (χ1) is 5.78. The molecule has 0 spiro atoms. The van der Waals surface area contributed by atoms with Crippen LogP contribution in [0, 0.1) is 11.8 Å². The Labute approximate surface area is 74.0 Å². The highest BCUT2D eigenvalue weighted by Crippen LogP contribution is 2.52. The van der Waals surface area contributed by atoms with Crippen LogP contribution in [0.25, 0.3) is 0 Å². The minimum atomic E-state index is 0.157. The van der Waals surface area contributed by atoms with Gasteiger partial charge in [-0.15, -0.1) is 0 Å². The summed E-state index contributed by atoms with van der Waals surface area (Å²) < 4.78 is 0. The van der Waals surface area contributed by atoms with Crippen molar-refractivity contribution in [3.8, 4) is 0 Å². The number of fused-ring (bicyclic) bond motifs is 1. The van der Waals surface area contributed by atoms with Crippen LogP contribution in [0.2, 0.25) is 0 Å². The fourth-order valence-electron chi connectivity index (χ4n) is 3.68. The molecule has 4 aliphatic rings. The Kier molecular flexibility index (Phi) is 1.27. The van der Waals surface area contributed by atoms with Gasteiger partial charge in [-0.3, -0.25) is 0 Å². The van der Waals surface area contributed by atoms with Crippen LogP contribution in [-0.4, -0.2) is 5.54 Å². The van der Waals surface area contributed by atoms with Gasteiger partial charge in [-0.25, -0.2) is 0 Å². The lowest BCUT2D eigenvalue weighted by Crippen LogP contribution is -2.53. The molecule has 0 heterocycles. The Balaban J connectivity index is 2.06. The van der Waals surface area contributed by atoms with Crippen LogP contribution >= 0.6 is 0 Å². The summed E-state index contributed by atoms with van der Waals surface area (Å²) >= 11 is 0. The maximum absolute atomic E-state index is 6.42. The van der Waals surface area contributed by atoms with Crippen molar-refractivity contribution in [2.75, 3.05) is 0 Å². The Morgan fingerprint density at radius 2 is 2.42 bits per heavy atom. The van der Waals surface area contributed by atoms with Gasteiger partial charge in [0.05, 0.1) is 0 Å². The van der Waals surface area contributed by atoms with Crippen molar-refractivity contribution in [1.29, 1.82) is 0 Å². The fraction of sp³-hybridized carbons (Fsp3) is 0.818. The molecule has 0 unspecified atom stereocenters. The van der Waals surface area contributed by atoms with E-state index in [1.807, 2.05) is 0 Å². The molecule has 12 heavy (non-hydrogen) atoms. The summed E-state index contributed by atoms with van der Waals surface area (Å²) in [6.45, 7) is 0. The van der Waals surface area contributed by atoms with Crippen molar-refractivity contribution < 1.29 is 0 Å². The van der Waals surface area contributed by atoms with Gasteiger partial charge in [-0.2, -0.15) is 0 Å². The summed E-state index contributed by atoms with van der Waals surface area (Å²) in [5.41, 5.74) is 8.21. The molecule has 2 fully saturated rings. The van der Waals surface area contributed by atoms with Gasteiger partial charge in [0.2, 0.25) is 0 Å². The molecule has 2 N–H and O–H groups in total. The molecule has 0 aromatic heterocycles. The van der Waals surface area contributed by atoms with Gasteiger partial charge >= 0.3 is 0 Å². The summed E-state index contributed by atoms with van der Waals surface area (Å²) in [7, 11) is 0. The topological polar surface area (TPSA) is 26.0 Å². The van der Waals surface area contributed by atoms with Crippen molar-refractivity contribution in [1.82, 2.24) is 0 Å². The van der Waals surface area contributed by atoms with Crippen LogP contribution in [0.3, 0.4) is 0 Å². The van der Waals surface area contributed by atoms with Crippen molar-refractivity contribution in [2.45, 2.75) is 44.1 Å². The maximum Gasteiger partial charge on any atom is 0.0374 e. The summed E-state index contributed by atoms with van der Waals surface area (Å²) in [6, 6.07) is 0. The minimum absolute atomic E-state index is 0.157. The summed E-state index contributed by atoms with van der Waals surface area (Å²) in [6.07, 6.45) is 10.6. The van der Waals surface area contributed by atoms with Crippen molar-refractivity contribution in [3.63, 3.8) is 0 Å². The van der Waals surface area contributed by atoms with Gasteiger partial charge in [0, 0.05) is 5.54 Å². The van der Waals surface area contributed by atoms with Gasteiger partial charge in [-0.1, -0.05) is 18.1 Å². The minimum Gasteiger partial charge on any atom is -0.322 e. The highest BCUT2D eigenvalue weighted by molar-refractivity contribution is 5.31. The Morgan fingerprint density at radius 1 is 1.50 bits per heavy atom. The lowest BCUT2D eigenvalue weighted by Gasteiger charge is -2.51. The SMILES string of the molecule is N[C@@]12CCC[C@@H]3C[C@@H](CC=C31)C2. The summed E-state index contributed by atoms with van der Waals surface area (Å²) in [5.74, 6) is 1.81. The molecule has 0 amide bonds. The van der Waals surface area contributed by atoms with E-state index in [0.717, 1.165) is 11.8 Å². The van der Waals surface area contributed by atoms with E-state index in [4.69, 9.17) is 5.73 Å². The van der Waals surface area contributed by atoms with Gasteiger partial charge in [0.25, 0.3) is 0 Å². The normalized spacial score (nSPS) is 50.6. The smallest absolute Gasteiger partial charge is 0.0374 e. The molecule has 4 aliphatic carbocycles. The van der Waals surface area contributed by atoms with Gasteiger partial charge in [0.1, 0.15) is 0 Å². The largest absolute Gasteiger partial charge is 0.322 e. The van der Waals surface area contributed by atoms with Crippen LogP contribution < -0.4 is 5.73 Å². The number of hydrogen-bond donors (Lipinski definition) is 1.